The van der Waals surface area contributed by atoms with Crippen molar-refractivity contribution < 1.29 is 0 Å². The third-order valence-electron chi connectivity index (χ3n) is 4.17. The first kappa shape index (κ1) is 11.7. The second-order valence-corrected chi connectivity index (χ2v) is 5.77. The Labute approximate surface area is 108 Å². The van der Waals surface area contributed by atoms with Crippen LogP contribution in [0.4, 0.5) is 0 Å². The van der Waals surface area contributed by atoms with E-state index in [-0.39, 0.29) is 5.41 Å². The molecule has 0 unspecified atom stereocenters. The first-order valence-electron chi connectivity index (χ1n) is 6.57. The summed E-state index contributed by atoms with van der Waals surface area (Å²) in [5.41, 5.74) is 2.32. The van der Waals surface area contributed by atoms with Gasteiger partial charge < -0.3 is 4.90 Å². The van der Waals surface area contributed by atoms with Crippen molar-refractivity contribution >= 4 is 5.52 Å². The van der Waals surface area contributed by atoms with Gasteiger partial charge in [0.25, 0.3) is 0 Å². The van der Waals surface area contributed by atoms with Crippen LogP contribution in [-0.4, -0.2) is 39.4 Å². The van der Waals surface area contributed by atoms with Crippen LogP contribution >= 0.6 is 0 Å². The molecule has 4 heteroatoms. The lowest BCUT2D eigenvalue weighted by atomic mass is 9.79. The molecule has 0 bridgehead atoms. The van der Waals surface area contributed by atoms with Crippen LogP contribution in [0.5, 0.6) is 0 Å². The zero-order valence-electron chi connectivity index (χ0n) is 11.3. The molecule has 0 N–H and O–H groups in total. The molecular weight excluding hydrogens is 224 g/mol. The number of likely N-dealkylation sites (tertiary alicyclic amines) is 1. The number of piperidine rings is 1. The lowest BCUT2D eigenvalue weighted by Gasteiger charge is -2.36. The number of aryl methyl sites for hydroxylation is 1. The van der Waals surface area contributed by atoms with Gasteiger partial charge in [0.2, 0.25) is 0 Å². The molecule has 1 fully saturated rings. The molecule has 4 nitrogen and oxygen atoms in total. The second kappa shape index (κ2) is 4.05. The average Bonchev–Trinajstić information content (AvgIpc) is 2.77. The third kappa shape index (κ3) is 1.81. The molecule has 2 aromatic heterocycles. The van der Waals surface area contributed by atoms with E-state index in [1.807, 2.05) is 19.3 Å². The maximum Gasteiger partial charge on any atom is 0.119 e. The Bertz CT molecular complexity index is 564. The summed E-state index contributed by atoms with van der Waals surface area (Å²) in [6, 6.07) is 0. The van der Waals surface area contributed by atoms with Crippen molar-refractivity contribution in [3.05, 3.63) is 30.1 Å². The van der Waals surface area contributed by atoms with Crippen LogP contribution in [-0.2, 0) is 5.41 Å². The van der Waals surface area contributed by atoms with Crippen molar-refractivity contribution in [2.45, 2.75) is 32.1 Å². The Hall–Kier alpha value is -1.42. The van der Waals surface area contributed by atoms with Gasteiger partial charge in [-0.05, 0) is 39.9 Å². The monoisotopic (exact) mass is 244 g/mol. The Morgan fingerprint density at radius 3 is 2.56 bits per heavy atom. The minimum Gasteiger partial charge on any atom is -0.306 e. The van der Waals surface area contributed by atoms with Gasteiger partial charge in [0, 0.05) is 11.6 Å². The summed E-state index contributed by atoms with van der Waals surface area (Å²) in [6.07, 6.45) is 8.28. The minimum absolute atomic E-state index is 0.187. The molecule has 3 rings (SSSR count). The summed E-state index contributed by atoms with van der Waals surface area (Å²) in [5, 5.41) is 0. The molecule has 0 amide bonds. The van der Waals surface area contributed by atoms with E-state index in [0.717, 1.165) is 24.3 Å². The van der Waals surface area contributed by atoms with E-state index in [4.69, 9.17) is 0 Å². The summed E-state index contributed by atoms with van der Waals surface area (Å²) in [6.45, 7) is 6.66. The van der Waals surface area contributed by atoms with Crippen LogP contribution in [0.1, 0.15) is 31.3 Å². The number of aromatic nitrogens is 3. The average molecular weight is 244 g/mol. The SMILES string of the molecule is Cc1cn2c(C3(C)CCN(C)CC3)ncc2cn1. The fourth-order valence-electron chi connectivity index (χ4n) is 2.78. The van der Waals surface area contributed by atoms with Gasteiger partial charge in [-0.15, -0.1) is 0 Å². The smallest absolute Gasteiger partial charge is 0.119 e. The van der Waals surface area contributed by atoms with Gasteiger partial charge >= 0.3 is 0 Å². The van der Waals surface area contributed by atoms with Crippen LogP contribution in [0.3, 0.4) is 0 Å². The van der Waals surface area contributed by atoms with Gasteiger partial charge in [0.1, 0.15) is 5.82 Å². The fraction of sp³-hybridized carbons (Fsp3) is 0.571. The largest absolute Gasteiger partial charge is 0.306 e. The number of hydrogen-bond donors (Lipinski definition) is 0. The molecule has 0 atom stereocenters. The van der Waals surface area contributed by atoms with Gasteiger partial charge in [-0.2, -0.15) is 0 Å². The summed E-state index contributed by atoms with van der Waals surface area (Å²) in [5.74, 6) is 1.19. The quantitative estimate of drug-likeness (QED) is 0.769. The van der Waals surface area contributed by atoms with E-state index in [1.54, 1.807) is 0 Å². The maximum absolute atomic E-state index is 4.66. The lowest BCUT2D eigenvalue weighted by Crippen LogP contribution is -2.40. The Morgan fingerprint density at radius 2 is 1.83 bits per heavy atom. The Balaban J connectivity index is 2.06. The molecule has 0 aromatic carbocycles. The van der Waals surface area contributed by atoms with Gasteiger partial charge in [-0.1, -0.05) is 6.92 Å². The molecule has 1 saturated heterocycles. The molecule has 18 heavy (non-hydrogen) atoms. The van der Waals surface area contributed by atoms with Crippen molar-refractivity contribution in [3.8, 4) is 0 Å². The van der Waals surface area contributed by atoms with Crippen LogP contribution in [0.2, 0.25) is 0 Å². The molecule has 1 aliphatic heterocycles. The molecular formula is C14H20N4. The predicted octanol–water partition coefficient (Wildman–Crippen LogP) is 2.02. The number of fused-ring (bicyclic) bond motifs is 1. The number of rotatable bonds is 1. The normalized spacial score (nSPS) is 20.4. The van der Waals surface area contributed by atoms with Crippen LogP contribution < -0.4 is 0 Å². The molecule has 2 aromatic rings. The zero-order chi connectivity index (χ0) is 12.8. The highest BCUT2D eigenvalue weighted by Crippen LogP contribution is 2.34. The molecule has 3 heterocycles. The van der Waals surface area contributed by atoms with Crippen LogP contribution in [0.25, 0.3) is 5.52 Å². The molecule has 0 spiro atoms. The van der Waals surface area contributed by atoms with Crippen LogP contribution in [0, 0.1) is 6.92 Å². The standard InChI is InChI=1S/C14H20N4/c1-11-10-18-12(8-15-11)9-16-13(18)14(2)4-6-17(3)7-5-14/h8-10H,4-7H2,1-3H3. The number of imidazole rings is 1. The van der Waals surface area contributed by atoms with Gasteiger partial charge in [0.15, 0.2) is 0 Å². The van der Waals surface area contributed by atoms with Gasteiger partial charge in [-0.25, -0.2) is 4.98 Å². The number of hydrogen-bond acceptors (Lipinski definition) is 3. The lowest BCUT2D eigenvalue weighted by molar-refractivity contribution is 0.192. The maximum atomic E-state index is 4.66. The summed E-state index contributed by atoms with van der Waals surface area (Å²) in [7, 11) is 2.19. The van der Waals surface area contributed by atoms with Crippen molar-refractivity contribution in [1.82, 2.24) is 19.3 Å². The Morgan fingerprint density at radius 1 is 1.17 bits per heavy atom. The van der Waals surface area contributed by atoms with E-state index in [1.165, 1.54) is 18.7 Å². The highest BCUT2D eigenvalue weighted by Gasteiger charge is 2.34. The van der Waals surface area contributed by atoms with E-state index in [9.17, 15) is 0 Å². The highest BCUT2D eigenvalue weighted by atomic mass is 15.1. The third-order valence-corrected chi connectivity index (χ3v) is 4.17. The zero-order valence-corrected chi connectivity index (χ0v) is 11.3. The first-order valence-corrected chi connectivity index (χ1v) is 6.57. The summed E-state index contributed by atoms with van der Waals surface area (Å²) < 4.78 is 2.22. The van der Waals surface area contributed by atoms with E-state index in [2.05, 4.69) is 39.4 Å². The molecule has 96 valence electrons. The molecule has 0 radical (unpaired) electrons. The fourth-order valence-corrected chi connectivity index (χ4v) is 2.78. The van der Waals surface area contributed by atoms with Gasteiger partial charge in [0.05, 0.1) is 23.6 Å². The first-order chi connectivity index (χ1) is 8.58. The van der Waals surface area contributed by atoms with Crippen molar-refractivity contribution in [2.24, 2.45) is 0 Å². The summed E-state index contributed by atoms with van der Waals surface area (Å²) >= 11 is 0. The van der Waals surface area contributed by atoms with E-state index < -0.39 is 0 Å². The highest BCUT2D eigenvalue weighted by molar-refractivity contribution is 5.45. The van der Waals surface area contributed by atoms with Crippen molar-refractivity contribution in [3.63, 3.8) is 0 Å². The molecule has 0 aliphatic carbocycles. The van der Waals surface area contributed by atoms with Crippen molar-refractivity contribution in [2.75, 3.05) is 20.1 Å². The second-order valence-electron chi connectivity index (χ2n) is 5.77. The number of nitrogens with zero attached hydrogens (tertiary/aromatic N) is 4. The Kier molecular flexibility index (Phi) is 2.63. The molecule has 1 aliphatic rings. The topological polar surface area (TPSA) is 33.4 Å². The summed E-state index contributed by atoms with van der Waals surface area (Å²) in [4.78, 5) is 11.4. The van der Waals surface area contributed by atoms with E-state index in [0.29, 0.717) is 0 Å². The van der Waals surface area contributed by atoms with E-state index >= 15 is 0 Å². The van der Waals surface area contributed by atoms with Gasteiger partial charge in [-0.3, -0.25) is 9.38 Å². The predicted molar refractivity (Wildman–Crippen MR) is 71.8 cm³/mol. The molecule has 0 saturated carbocycles. The minimum atomic E-state index is 0.187. The van der Waals surface area contributed by atoms with Crippen molar-refractivity contribution in [1.29, 1.82) is 0 Å². The van der Waals surface area contributed by atoms with Crippen LogP contribution in [0.15, 0.2) is 18.6 Å².